The van der Waals surface area contributed by atoms with E-state index in [0.29, 0.717) is 17.5 Å². The Balaban J connectivity index is 1.29. The summed E-state index contributed by atoms with van der Waals surface area (Å²) in [6.07, 6.45) is 5.53. The molecule has 0 atom stereocenters. The average molecular weight is 538 g/mol. The van der Waals surface area contributed by atoms with Crippen molar-refractivity contribution in [3.63, 3.8) is 0 Å². The molecule has 5 heteroatoms. The third kappa shape index (κ3) is 4.25. The molecular formula is C37H23N5. The number of aromatic nitrogens is 5. The lowest BCUT2D eigenvalue weighted by Gasteiger charge is -2.11. The lowest BCUT2D eigenvalue weighted by Crippen LogP contribution is -2.00. The van der Waals surface area contributed by atoms with Gasteiger partial charge < -0.3 is 0 Å². The molecule has 5 nitrogen and oxygen atoms in total. The van der Waals surface area contributed by atoms with E-state index in [-0.39, 0.29) is 0 Å². The molecule has 0 radical (unpaired) electrons. The van der Waals surface area contributed by atoms with E-state index < -0.39 is 0 Å². The molecule has 0 bridgehead atoms. The first-order valence-corrected chi connectivity index (χ1v) is 13.8. The largest absolute Gasteiger partial charge is 0.264 e. The van der Waals surface area contributed by atoms with Crippen LogP contribution in [0.5, 0.6) is 0 Å². The Morgan fingerprint density at radius 1 is 0.405 bits per heavy atom. The summed E-state index contributed by atoms with van der Waals surface area (Å²) in [5.74, 6) is 1.85. The Kier molecular flexibility index (Phi) is 5.71. The van der Waals surface area contributed by atoms with Crippen LogP contribution in [0.2, 0.25) is 0 Å². The van der Waals surface area contributed by atoms with E-state index >= 15 is 0 Å². The molecule has 8 aromatic rings. The van der Waals surface area contributed by atoms with Crippen molar-refractivity contribution < 1.29 is 0 Å². The van der Waals surface area contributed by atoms with Crippen LogP contribution in [0.25, 0.3) is 77.7 Å². The van der Waals surface area contributed by atoms with Gasteiger partial charge in [0.2, 0.25) is 0 Å². The van der Waals surface area contributed by atoms with Crippen molar-refractivity contribution in [2.24, 2.45) is 0 Å². The van der Waals surface area contributed by atoms with Gasteiger partial charge in [-0.3, -0.25) is 9.97 Å². The Morgan fingerprint density at radius 3 is 1.93 bits per heavy atom. The second kappa shape index (κ2) is 9.98. The zero-order valence-corrected chi connectivity index (χ0v) is 22.5. The molecule has 196 valence electrons. The highest BCUT2D eigenvalue weighted by Gasteiger charge is 2.15. The molecule has 0 spiro atoms. The first kappa shape index (κ1) is 24.0. The zero-order valence-electron chi connectivity index (χ0n) is 22.5. The molecule has 0 amide bonds. The predicted octanol–water partition coefficient (Wildman–Crippen LogP) is 8.79. The highest BCUT2D eigenvalue weighted by molar-refractivity contribution is 5.96. The molecule has 0 aliphatic rings. The third-order valence-corrected chi connectivity index (χ3v) is 7.66. The van der Waals surface area contributed by atoms with Crippen LogP contribution in [0.3, 0.4) is 0 Å². The zero-order chi connectivity index (χ0) is 27.9. The molecule has 3 heterocycles. The second-order valence-corrected chi connectivity index (χ2v) is 10.2. The number of pyridine rings is 2. The summed E-state index contributed by atoms with van der Waals surface area (Å²) in [4.78, 5) is 24.1. The number of hydrogen-bond acceptors (Lipinski definition) is 5. The van der Waals surface area contributed by atoms with Gasteiger partial charge in [0.05, 0.1) is 5.69 Å². The number of fused-ring (bicyclic) bond motifs is 3. The fraction of sp³-hybridized carbons (Fsp3) is 0. The smallest absolute Gasteiger partial charge is 0.164 e. The maximum absolute atomic E-state index is 5.00. The molecule has 5 aromatic carbocycles. The van der Waals surface area contributed by atoms with Crippen LogP contribution in [-0.2, 0) is 0 Å². The van der Waals surface area contributed by atoms with Crippen molar-refractivity contribution in [3.05, 3.63) is 140 Å². The summed E-state index contributed by atoms with van der Waals surface area (Å²) >= 11 is 0. The van der Waals surface area contributed by atoms with Gasteiger partial charge in [-0.1, -0.05) is 103 Å². The van der Waals surface area contributed by atoms with Crippen molar-refractivity contribution in [3.8, 4) is 45.4 Å². The van der Waals surface area contributed by atoms with E-state index in [1.807, 2.05) is 60.9 Å². The van der Waals surface area contributed by atoms with Gasteiger partial charge in [-0.15, -0.1) is 0 Å². The summed E-state index contributed by atoms with van der Waals surface area (Å²) in [6, 6.07) is 41.5. The van der Waals surface area contributed by atoms with Crippen LogP contribution in [0, 0.1) is 0 Å². The average Bonchev–Trinajstić information content (AvgIpc) is 3.07. The van der Waals surface area contributed by atoms with E-state index in [1.165, 1.54) is 10.8 Å². The molecule has 0 aliphatic heterocycles. The number of rotatable bonds is 4. The van der Waals surface area contributed by atoms with Gasteiger partial charge in [-0.2, -0.15) is 0 Å². The van der Waals surface area contributed by atoms with E-state index in [4.69, 9.17) is 19.9 Å². The van der Waals surface area contributed by atoms with E-state index in [2.05, 4.69) is 77.8 Å². The van der Waals surface area contributed by atoms with Crippen molar-refractivity contribution in [1.29, 1.82) is 0 Å². The SMILES string of the molecule is c1ccc2cc(-c3nc(-c4ccc(-c5nccc6ccccc56)cc4)nc(-c4cccc5ccncc45)n3)ccc2c1. The van der Waals surface area contributed by atoms with Crippen LogP contribution in [-0.4, -0.2) is 24.9 Å². The quantitative estimate of drug-likeness (QED) is 0.224. The Labute approximate surface area is 242 Å². The van der Waals surface area contributed by atoms with Gasteiger partial charge >= 0.3 is 0 Å². The minimum atomic E-state index is 0.612. The molecule has 8 rings (SSSR count). The maximum Gasteiger partial charge on any atom is 0.164 e. The van der Waals surface area contributed by atoms with Crippen molar-refractivity contribution in [2.75, 3.05) is 0 Å². The van der Waals surface area contributed by atoms with Crippen LogP contribution in [0.4, 0.5) is 0 Å². The van der Waals surface area contributed by atoms with Gasteiger partial charge in [-0.05, 0) is 39.7 Å². The van der Waals surface area contributed by atoms with Crippen LogP contribution in [0.15, 0.2) is 140 Å². The Hall–Kier alpha value is -5.81. The van der Waals surface area contributed by atoms with E-state index in [1.54, 1.807) is 6.20 Å². The molecule has 0 saturated heterocycles. The molecule has 0 aliphatic carbocycles. The number of benzene rings is 5. The maximum atomic E-state index is 5.00. The van der Waals surface area contributed by atoms with Crippen molar-refractivity contribution >= 4 is 32.3 Å². The third-order valence-electron chi connectivity index (χ3n) is 7.66. The molecule has 0 unspecified atom stereocenters. The molecule has 3 aromatic heterocycles. The fourth-order valence-corrected chi connectivity index (χ4v) is 5.52. The van der Waals surface area contributed by atoms with Gasteiger partial charge in [-0.25, -0.2) is 15.0 Å². The first-order chi connectivity index (χ1) is 20.8. The lowest BCUT2D eigenvalue weighted by molar-refractivity contribution is 1.08. The predicted molar refractivity (Wildman–Crippen MR) is 170 cm³/mol. The summed E-state index contributed by atoms with van der Waals surface area (Å²) in [6.45, 7) is 0. The van der Waals surface area contributed by atoms with Crippen LogP contribution in [0.1, 0.15) is 0 Å². The molecular weight excluding hydrogens is 514 g/mol. The molecule has 42 heavy (non-hydrogen) atoms. The number of nitrogens with zero attached hydrogens (tertiary/aromatic N) is 5. The second-order valence-electron chi connectivity index (χ2n) is 10.2. The summed E-state index contributed by atoms with van der Waals surface area (Å²) < 4.78 is 0. The Bertz CT molecular complexity index is 2250. The van der Waals surface area contributed by atoms with E-state index in [9.17, 15) is 0 Å². The highest BCUT2D eigenvalue weighted by Crippen LogP contribution is 2.32. The summed E-state index contributed by atoms with van der Waals surface area (Å²) in [5, 5.41) is 6.69. The summed E-state index contributed by atoms with van der Waals surface area (Å²) in [5.41, 5.74) is 4.76. The number of hydrogen-bond donors (Lipinski definition) is 0. The monoisotopic (exact) mass is 537 g/mol. The van der Waals surface area contributed by atoms with Crippen molar-refractivity contribution in [1.82, 2.24) is 24.9 Å². The van der Waals surface area contributed by atoms with Gasteiger partial charge in [0, 0.05) is 51.6 Å². The van der Waals surface area contributed by atoms with E-state index in [0.717, 1.165) is 49.5 Å². The molecule has 0 fully saturated rings. The van der Waals surface area contributed by atoms with Gasteiger partial charge in [0.15, 0.2) is 17.5 Å². The Morgan fingerprint density at radius 2 is 1.05 bits per heavy atom. The minimum absolute atomic E-state index is 0.612. The standard InChI is InChI=1S/C37H23N5/c1-2-8-29-22-30(17-12-24(29)6-1)36-40-35(41-37(42-36)32-11-5-9-26-18-20-38-23-33(26)32)28-15-13-27(14-16-28)34-31-10-4-3-7-25(31)19-21-39-34/h1-23H. The van der Waals surface area contributed by atoms with Gasteiger partial charge in [0.25, 0.3) is 0 Å². The molecule has 0 saturated carbocycles. The van der Waals surface area contributed by atoms with Gasteiger partial charge in [0.1, 0.15) is 0 Å². The first-order valence-electron chi connectivity index (χ1n) is 13.8. The summed E-state index contributed by atoms with van der Waals surface area (Å²) in [7, 11) is 0. The minimum Gasteiger partial charge on any atom is -0.264 e. The van der Waals surface area contributed by atoms with Crippen LogP contribution >= 0.6 is 0 Å². The van der Waals surface area contributed by atoms with Crippen LogP contribution < -0.4 is 0 Å². The lowest BCUT2D eigenvalue weighted by atomic mass is 10.0. The highest BCUT2D eigenvalue weighted by atomic mass is 15.0. The normalized spacial score (nSPS) is 11.3. The molecule has 0 N–H and O–H groups in total. The fourth-order valence-electron chi connectivity index (χ4n) is 5.52. The van der Waals surface area contributed by atoms with Crippen molar-refractivity contribution in [2.45, 2.75) is 0 Å². The topological polar surface area (TPSA) is 64.5 Å².